The Morgan fingerprint density at radius 3 is 2.10 bits per heavy atom. The molecule has 0 aromatic heterocycles. The van der Waals surface area contributed by atoms with Crippen LogP contribution in [0.25, 0.3) is 0 Å². The van der Waals surface area contributed by atoms with E-state index in [-0.39, 0.29) is 29.1 Å². The first-order valence-corrected chi connectivity index (χ1v) is 14.9. The van der Waals surface area contributed by atoms with Gasteiger partial charge in [0.1, 0.15) is 0 Å². The average Bonchev–Trinajstić information content (AvgIpc) is 2.95. The molecule has 166 valence electrons. The monoisotopic (exact) mass is 440 g/mol. The van der Waals surface area contributed by atoms with Gasteiger partial charge in [-0.15, -0.1) is 0 Å². The lowest BCUT2D eigenvalue weighted by molar-refractivity contribution is -0.153. The fourth-order valence-electron chi connectivity index (χ4n) is 3.35. The highest BCUT2D eigenvalue weighted by Gasteiger charge is 2.47. The van der Waals surface area contributed by atoms with Crippen LogP contribution in [0.3, 0.4) is 0 Å². The lowest BCUT2D eigenvalue weighted by Crippen LogP contribution is -2.44. The lowest BCUT2D eigenvalue weighted by Gasteiger charge is -2.38. The van der Waals surface area contributed by atoms with E-state index < -0.39 is 24.9 Å². The van der Waals surface area contributed by atoms with E-state index >= 15 is 0 Å². The third-order valence-electron chi connectivity index (χ3n) is 6.22. The molecule has 0 amide bonds. The van der Waals surface area contributed by atoms with Crippen LogP contribution in [-0.2, 0) is 24.7 Å². The van der Waals surface area contributed by atoms with Crippen LogP contribution in [0.15, 0.2) is 35.2 Å². The fourth-order valence-corrected chi connectivity index (χ4v) is 5.78. The minimum Gasteiger partial charge on any atom is -0.416 e. The maximum absolute atomic E-state index is 12.8. The molecule has 4 nitrogen and oxygen atoms in total. The highest BCUT2D eigenvalue weighted by molar-refractivity contribution is 7.85. The molecule has 1 aliphatic heterocycles. The zero-order valence-corrected chi connectivity index (χ0v) is 21.5. The summed E-state index contributed by atoms with van der Waals surface area (Å²) < 4.78 is 31.8. The van der Waals surface area contributed by atoms with E-state index in [9.17, 15) is 4.21 Å². The highest BCUT2D eigenvalue weighted by atomic mass is 32.2. The van der Waals surface area contributed by atoms with Crippen molar-refractivity contribution in [2.45, 2.75) is 89.5 Å². The van der Waals surface area contributed by atoms with Crippen molar-refractivity contribution in [2.75, 3.05) is 12.4 Å². The van der Waals surface area contributed by atoms with Gasteiger partial charge in [-0.25, -0.2) is 0 Å². The summed E-state index contributed by atoms with van der Waals surface area (Å²) in [4.78, 5) is 0.864. The van der Waals surface area contributed by atoms with Gasteiger partial charge in [0.2, 0.25) is 0 Å². The van der Waals surface area contributed by atoms with Crippen LogP contribution < -0.4 is 0 Å². The van der Waals surface area contributed by atoms with Crippen molar-refractivity contribution in [3.63, 3.8) is 0 Å². The first kappa shape index (κ1) is 24.7. The predicted molar refractivity (Wildman–Crippen MR) is 123 cm³/mol. The summed E-state index contributed by atoms with van der Waals surface area (Å²) in [6.45, 7) is 20.2. The van der Waals surface area contributed by atoms with Crippen molar-refractivity contribution in [2.24, 2.45) is 11.8 Å². The van der Waals surface area contributed by atoms with Crippen molar-refractivity contribution in [3.05, 3.63) is 30.3 Å². The standard InChI is InChI=1S/C23H40O4SSi/c1-17(15-25-29(8,9)22(3,4)5)20-21(27-23(6,7)26-20)18(2)16-28(24)19-13-11-10-12-14-19/h10-14,17-18,20-21H,15-16H2,1-9H3/t17-,18-,20-,21-,28?/m0/s1. The van der Waals surface area contributed by atoms with E-state index in [0.29, 0.717) is 12.4 Å². The van der Waals surface area contributed by atoms with E-state index in [4.69, 9.17) is 13.9 Å². The summed E-state index contributed by atoms with van der Waals surface area (Å²) in [7, 11) is -2.87. The van der Waals surface area contributed by atoms with Gasteiger partial charge in [-0.1, -0.05) is 52.8 Å². The van der Waals surface area contributed by atoms with Crippen molar-refractivity contribution in [1.82, 2.24) is 0 Å². The predicted octanol–water partition coefficient (Wildman–Crippen LogP) is 5.61. The molecule has 1 aromatic rings. The molecule has 29 heavy (non-hydrogen) atoms. The van der Waals surface area contributed by atoms with Gasteiger partial charge in [-0.3, -0.25) is 4.21 Å². The first-order chi connectivity index (χ1) is 13.2. The van der Waals surface area contributed by atoms with Crippen LogP contribution in [0.2, 0.25) is 18.1 Å². The number of rotatable bonds is 8. The van der Waals surface area contributed by atoms with Gasteiger partial charge in [0.25, 0.3) is 0 Å². The summed E-state index contributed by atoms with van der Waals surface area (Å²) in [5, 5.41) is 0.179. The molecule has 1 aliphatic rings. The molecule has 1 heterocycles. The average molecular weight is 441 g/mol. The highest BCUT2D eigenvalue weighted by Crippen LogP contribution is 2.39. The lowest BCUT2D eigenvalue weighted by atomic mass is 9.93. The van der Waals surface area contributed by atoms with E-state index in [1.807, 2.05) is 44.2 Å². The molecule has 0 N–H and O–H groups in total. The van der Waals surface area contributed by atoms with Gasteiger partial charge in [-0.2, -0.15) is 0 Å². The van der Waals surface area contributed by atoms with Gasteiger partial charge >= 0.3 is 0 Å². The number of hydrogen-bond donors (Lipinski definition) is 0. The Morgan fingerprint density at radius 1 is 1.07 bits per heavy atom. The second-order valence-electron chi connectivity index (χ2n) is 10.4. The Labute approximate surface area is 181 Å². The number of ether oxygens (including phenoxy) is 2. The molecule has 1 fully saturated rings. The topological polar surface area (TPSA) is 44.8 Å². The van der Waals surface area contributed by atoms with E-state index in [0.717, 1.165) is 4.90 Å². The zero-order valence-electron chi connectivity index (χ0n) is 19.7. The van der Waals surface area contributed by atoms with Gasteiger partial charge in [-0.05, 0) is 50.0 Å². The van der Waals surface area contributed by atoms with Crippen molar-refractivity contribution in [1.29, 1.82) is 0 Å². The summed E-state index contributed by atoms with van der Waals surface area (Å²) in [5.74, 6) is 0.227. The van der Waals surface area contributed by atoms with Gasteiger partial charge in [0.05, 0.1) is 23.0 Å². The summed E-state index contributed by atoms with van der Waals surface area (Å²) in [6, 6.07) is 9.65. The third kappa shape index (κ3) is 6.47. The number of benzene rings is 1. The molecule has 0 aliphatic carbocycles. The van der Waals surface area contributed by atoms with Crippen LogP contribution in [0.5, 0.6) is 0 Å². The smallest absolute Gasteiger partial charge is 0.191 e. The third-order valence-corrected chi connectivity index (χ3v) is 12.3. The molecular formula is C23H40O4SSi. The molecule has 6 heteroatoms. The molecule has 2 rings (SSSR count). The minimum absolute atomic E-state index is 0.0717. The fraction of sp³-hybridized carbons (Fsp3) is 0.739. The largest absolute Gasteiger partial charge is 0.416 e. The van der Waals surface area contributed by atoms with Crippen LogP contribution in [-0.4, -0.2) is 42.9 Å². The molecule has 0 bridgehead atoms. The van der Waals surface area contributed by atoms with E-state index in [1.165, 1.54) is 0 Å². The second-order valence-corrected chi connectivity index (χ2v) is 16.7. The van der Waals surface area contributed by atoms with Crippen LogP contribution in [0, 0.1) is 11.8 Å². The van der Waals surface area contributed by atoms with Crippen molar-refractivity contribution < 1.29 is 18.1 Å². The minimum atomic E-state index is -1.82. The normalized spacial score (nSPS) is 25.6. The van der Waals surface area contributed by atoms with Gasteiger partial charge in [0, 0.05) is 23.2 Å². The van der Waals surface area contributed by atoms with Gasteiger partial charge < -0.3 is 13.9 Å². The molecule has 1 saturated heterocycles. The Hall–Kier alpha value is -0.533. The zero-order chi connectivity index (χ0) is 22.0. The summed E-state index contributed by atoms with van der Waals surface area (Å²) >= 11 is 0. The Balaban J connectivity index is 2.06. The maximum Gasteiger partial charge on any atom is 0.191 e. The van der Waals surface area contributed by atoms with Crippen LogP contribution >= 0.6 is 0 Å². The second kappa shape index (κ2) is 9.31. The Morgan fingerprint density at radius 2 is 1.59 bits per heavy atom. The Bertz CT molecular complexity index is 684. The summed E-state index contributed by atoms with van der Waals surface area (Å²) in [5.41, 5.74) is 0. The Kier molecular flexibility index (Phi) is 7.94. The van der Waals surface area contributed by atoms with Gasteiger partial charge in [0.15, 0.2) is 14.1 Å². The first-order valence-electron chi connectivity index (χ1n) is 10.7. The van der Waals surface area contributed by atoms with E-state index in [2.05, 4.69) is 47.7 Å². The van der Waals surface area contributed by atoms with E-state index in [1.54, 1.807) is 0 Å². The van der Waals surface area contributed by atoms with Crippen LogP contribution in [0.1, 0.15) is 48.5 Å². The molecule has 0 radical (unpaired) electrons. The molecule has 5 atom stereocenters. The molecule has 0 saturated carbocycles. The van der Waals surface area contributed by atoms with Crippen LogP contribution in [0.4, 0.5) is 0 Å². The SMILES string of the molecule is C[C@@H](CO[Si](C)(C)C(C)(C)C)[C@@H]1OC(C)(C)O[C@H]1[C@@H](C)CS(=O)c1ccccc1. The van der Waals surface area contributed by atoms with Crippen molar-refractivity contribution in [3.8, 4) is 0 Å². The molecule has 1 unspecified atom stereocenters. The van der Waals surface area contributed by atoms with Crippen molar-refractivity contribution >= 4 is 19.1 Å². The molecule has 0 spiro atoms. The summed E-state index contributed by atoms with van der Waals surface area (Å²) in [6.07, 6.45) is -0.173. The quantitative estimate of drug-likeness (QED) is 0.493. The molecular weight excluding hydrogens is 400 g/mol. The maximum atomic E-state index is 12.8. The number of hydrogen-bond acceptors (Lipinski definition) is 4. The molecule has 1 aromatic carbocycles.